The van der Waals surface area contributed by atoms with Crippen molar-refractivity contribution < 1.29 is 32.2 Å². The number of halogens is 2. The highest BCUT2D eigenvalue weighted by Gasteiger charge is 2.34. The number of rotatable bonds is 7. The van der Waals surface area contributed by atoms with Crippen LogP contribution >= 0.6 is 23.2 Å². The van der Waals surface area contributed by atoms with Crippen molar-refractivity contribution in [3.63, 3.8) is 0 Å². The van der Waals surface area contributed by atoms with Crippen molar-refractivity contribution in [2.24, 2.45) is 5.92 Å². The number of anilines is 1. The molecule has 2 aromatic carbocycles. The van der Waals surface area contributed by atoms with E-state index in [0.29, 0.717) is 11.5 Å². The molecule has 0 saturated carbocycles. The lowest BCUT2D eigenvalue weighted by Crippen LogP contribution is -2.41. The van der Waals surface area contributed by atoms with E-state index in [4.69, 9.17) is 37.4 Å². The summed E-state index contributed by atoms with van der Waals surface area (Å²) in [5, 5.41) is 3.08. The first-order valence-electron chi connectivity index (χ1n) is 10.2. The minimum absolute atomic E-state index is 0.0717. The fourth-order valence-electron chi connectivity index (χ4n) is 3.67. The average Bonchev–Trinajstić information content (AvgIpc) is 2.84. The fourth-order valence-corrected chi connectivity index (χ4v) is 5.88. The van der Waals surface area contributed by atoms with Crippen LogP contribution in [0.5, 0.6) is 11.5 Å². The molecule has 1 saturated heterocycles. The van der Waals surface area contributed by atoms with E-state index in [-0.39, 0.29) is 58.0 Å². The van der Waals surface area contributed by atoms with Crippen LogP contribution in [0.4, 0.5) is 5.69 Å². The van der Waals surface area contributed by atoms with E-state index < -0.39 is 21.9 Å². The van der Waals surface area contributed by atoms with Crippen molar-refractivity contribution in [1.82, 2.24) is 4.31 Å². The Bertz CT molecular complexity index is 1200. The summed E-state index contributed by atoms with van der Waals surface area (Å²) in [7, 11) is 0.222. The summed E-state index contributed by atoms with van der Waals surface area (Å²) < 4.78 is 42.6. The third-order valence-electron chi connectivity index (χ3n) is 5.52. The predicted octanol–water partition coefficient (Wildman–Crippen LogP) is 3.84. The molecule has 0 unspecified atom stereocenters. The number of amides is 1. The second kappa shape index (κ2) is 10.8. The first kappa shape index (κ1) is 26.1. The van der Waals surface area contributed by atoms with Crippen LogP contribution in [0.3, 0.4) is 0 Å². The minimum atomic E-state index is -3.87. The van der Waals surface area contributed by atoms with E-state index in [0.717, 1.165) is 0 Å². The Balaban J connectivity index is 1.75. The van der Waals surface area contributed by atoms with Gasteiger partial charge in [0, 0.05) is 36.2 Å². The van der Waals surface area contributed by atoms with Gasteiger partial charge in [0.05, 0.1) is 37.6 Å². The van der Waals surface area contributed by atoms with E-state index in [1.807, 2.05) is 0 Å². The van der Waals surface area contributed by atoms with E-state index in [1.165, 1.54) is 56.0 Å². The van der Waals surface area contributed by atoms with Crippen LogP contribution in [-0.4, -0.2) is 59.0 Å². The van der Waals surface area contributed by atoms with E-state index in [2.05, 4.69) is 5.32 Å². The standard InChI is InChI=1S/C22H24Cl2N2O7S/c1-31-18-11-15(22(28)33-3)17(12-19(18)32-2)25-21(27)13-6-8-26(9-7-13)34(29,30)20-10-14(23)4-5-16(20)24/h4-5,10-13H,6-9H2,1-3H3,(H,25,27). The SMILES string of the molecule is COC(=O)c1cc(OC)c(OC)cc1NC(=O)C1CCN(S(=O)(=O)c2cc(Cl)ccc2Cl)CC1. The van der Waals surface area contributed by atoms with Gasteiger partial charge in [-0.25, -0.2) is 13.2 Å². The number of methoxy groups -OCH3 is 3. The summed E-state index contributed by atoms with van der Waals surface area (Å²) in [5.41, 5.74) is 0.305. The van der Waals surface area contributed by atoms with Crippen LogP contribution in [0.2, 0.25) is 10.0 Å². The number of esters is 1. The summed E-state index contributed by atoms with van der Waals surface area (Å²) in [6.45, 7) is 0.248. The highest BCUT2D eigenvalue weighted by molar-refractivity contribution is 7.89. The monoisotopic (exact) mass is 530 g/mol. The first-order chi connectivity index (χ1) is 16.1. The molecule has 1 N–H and O–H groups in total. The molecule has 0 bridgehead atoms. The molecule has 0 aromatic heterocycles. The molecule has 1 heterocycles. The van der Waals surface area contributed by atoms with Gasteiger partial charge in [0.25, 0.3) is 0 Å². The number of ether oxygens (including phenoxy) is 3. The molecule has 1 amide bonds. The molecule has 9 nitrogen and oxygen atoms in total. The maximum Gasteiger partial charge on any atom is 0.340 e. The van der Waals surface area contributed by atoms with Gasteiger partial charge in [-0.2, -0.15) is 4.31 Å². The smallest absolute Gasteiger partial charge is 0.340 e. The second-order valence-electron chi connectivity index (χ2n) is 7.49. The van der Waals surface area contributed by atoms with E-state index >= 15 is 0 Å². The van der Waals surface area contributed by atoms with Crippen LogP contribution in [-0.2, 0) is 19.6 Å². The summed E-state index contributed by atoms with van der Waals surface area (Å²) in [6, 6.07) is 7.15. The summed E-state index contributed by atoms with van der Waals surface area (Å²) >= 11 is 12.0. The molecule has 2 aromatic rings. The Morgan fingerprint density at radius 1 is 1.00 bits per heavy atom. The quantitative estimate of drug-likeness (QED) is 0.541. The summed E-state index contributed by atoms with van der Waals surface area (Å²) in [4.78, 5) is 25.1. The Kier molecular flexibility index (Phi) is 8.29. The number of carbonyl (C=O) groups excluding carboxylic acids is 2. The zero-order valence-corrected chi connectivity index (χ0v) is 21.1. The number of hydrogen-bond donors (Lipinski definition) is 1. The molecule has 0 atom stereocenters. The van der Waals surface area contributed by atoms with Crippen molar-refractivity contribution in [3.05, 3.63) is 45.9 Å². The topological polar surface area (TPSA) is 111 Å². The maximum atomic E-state index is 13.0. The van der Waals surface area contributed by atoms with Gasteiger partial charge in [0.15, 0.2) is 11.5 Å². The van der Waals surface area contributed by atoms with Crippen LogP contribution < -0.4 is 14.8 Å². The second-order valence-corrected chi connectivity index (χ2v) is 10.2. The molecule has 3 rings (SSSR count). The van der Waals surface area contributed by atoms with Crippen LogP contribution in [0, 0.1) is 5.92 Å². The lowest BCUT2D eigenvalue weighted by Gasteiger charge is -2.31. The van der Waals surface area contributed by atoms with Gasteiger partial charge in [-0.05, 0) is 31.0 Å². The molecular weight excluding hydrogens is 507 g/mol. The number of nitrogens with zero attached hydrogens (tertiary/aromatic N) is 1. The van der Waals surface area contributed by atoms with E-state index in [1.54, 1.807) is 0 Å². The number of sulfonamides is 1. The minimum Gasteiger partial charge on any atom is -0.493 e. The van der Waals surface area contributed by atoms with Gasteiger partial charge < -0.3 is 19.5 Å². The highest BCUT2D eigenvalue weighted by Crippen LogP contribution is 2.35. The van der Waals surface area contributed by atoms with Gasteiger partial charge in [0.2, 0.25) is 15.9 Å². The third kappa shape index (κ3) is 5.41. The molecule has 0 spiro atoms. The van der Waals surface area contributed by atoms with Gasteiger partial charge in [-0.3, -0.25) is 4.79 Å². The molecule has 184 valence electrons. The van der Waals surface area contributed by atoms with Gasteiger partial charge in [-0.1, -0.05) is 23.2 Å². The van der Waals surface area contributed by atoms with Gasteiger partial charge in [0.1, 0.15) is 4.90 Å². The van der Waals surface area contributed by atoms with Crippen molar-refractivity contribution >= 4 is 50.8 Å². The Hall–Kier alpha value is -2.53. The largest absolute Gasteiger partial charge is 0.493 e. The Labute approximate surface area is 207 Å². The lowest BCUT2D eigenvalue weighted by molar-refractivity contribution is -0.120. The van der Waals surface area contributed by atoms with Crippen molar-refractivity contribution in [2.45, 2.75) is 17.7 Å². The highest BCUT2D eigenvalue weighted by atomic mass is 35.5. The van der Waals surface area contributed by atoms with Crippen molar-refractivity contribution in [1.29, 1.82) is 0 Å². The van der Waals surface area contributed by atoms with Crippen molar-refractivity contribution in [2.75, 3.05) is 39.7 Å². The summed E-state index contributed by atoms with van der Waals surface area (Å²) in [6.07, 6.45) is 0.564. The molecular formula is C22H24Cl2N2O7S. The number of benzene rings is 2. The Morgan fingerprint density at radius 2 is 1.62 bits per heavy atom. The zero-order chi connectivity index (χ0) is 25.0. The first-order valence-corrected chi connectivity index (χ1v) is 12.4. The number of piperidine rings is 1. The third-order valence-corrected chi connectivity index (χ3v) is 8.14. The number of carbonyl (C=O) groups is 2. The Morgan fingerprint density at radius 3 is 2.21 bits per heavy atom. The van der Waals surface area contributed by atoms with E-state index in [9.17, 15) is 18.0 Å². The molecule has 1 aliphatic heterocycles. The normalized spacial score (nSPS) is 15.0. The van der Waals surface area contributed by atoms with Crippen molar-refractivity contribution in [3.8, 4) is 11.5 Å². The molecule has 0 radical (unpaired) electrons. The average molecular weight is 531 g/mol. The number of hydrogen-bond acceptors (Lipinski definition) is 7. The number of nitrogens with one attached hydrogen (secondary N) is 1. The molecule has 0 aliphatic carbocycles. The molecule has 34 heavy (non-hydrogen) atoms. The van der Waals surface area contributed by atoms with Crippen LogP contribution in [0.1, 0.15) is 23.2 Å². The maximum absolute atomic E-state index is 13.0. The molecule has 1 fully saturated rings. The molecule has 1 aliphatic rings. The van der Waals surface area contributed by atoms with Crippen LogP contribution in [0.15, 0.2) is 35.2 Å². The molecule has 12 heteroatoms. The predicted molar refractivity (Wildman–Crippen MR) is 127 cm³/mol. The van der Waals surface area contributed by atoms with Crippen LogP contribution in [0.25, 0.3) is 0 Å². The zero-order valence-electron chi connectivity index (χ0n) is 18.8. The van der Waals surface area contributed by atoms with Gasteiger partial charge in [-0.15, -0.1) is 0 Å². The van der Waals surface area contributed by atoms with Gasteiger partial charge >= 0.3 is 5.97 Å². The fraction of sp³-hybridized carbons (Fsp3) is 0.364. The lowest BCUT2D eigenvalue weighted by atomic mass is 9.97. The summed E-state index contributed by atoms with van der Waals surface area (Å²) in [5.74, 6) is -0.852.